The van der Waals surface area contributed by atoms with Gasteiger partial charge in [-0.1, -0.05) is 6.07 Å². The summed E-state index contributed by atoms with van der Waals surface area (Å²) in [6, 6.07) is 5.89. The summed E-state index contributed by atoms with van der Waals surface area (Å²) in [4.78, 5) is 6.83. The Hall–Kier alpha value is -1.42. The molecule has 1 fully saturated rings. The van der Waals surface area contributed by atoms with E-state index >= 15 is 0 Å². The number of unbranched alkanes of at least 4 members (excludes halogenated alkanes) is 1. The van der Waals surface area contributed by atoms with Crippen LogP contribution in [0, 0.1) is 0 Å². The van der Waals surface area contributed by atoms with E-state index in [1.165, 1.54) is 38.9 Å². The third kappa shape index (κ3) is 5.81. The molecule has 0 atom stereocenters. The fourth-order valence-corrected chi connectivity index (χ4v) is 3.07. The number of aromatic nitrogens is 3. The molecule has 8 heteroatoms. The van der Waals surface area contributed by atoms with Gasteiger partial charge in [-0.15, -0.1) is 34.2 Å². The van der Waals surface area contributed by atoms with E-state index in [1.807, 2.05) is 28.8 Å². The lowest BCUT2D eigenvalue weighted by atomic mass is 10.3. The van der Waals surface area contributed by atoms with E-state index in [2.05, 4.69) is 30.7 Å². The van der Waals surface area contributed by atoms with Crippen molar-refractivity contribution < 1.29 is 0 Å². The quantitative estimate of drug-likeness (QED) is 0.288. The topological polar surface area (TPSA) is 69.8 Å². The van der Waals surface area contributed by atoms with E-state index < -0.39 is 0 Å². The lowest BCUT2D eigenvalue weighted by molar-refractivity contribution is 0.330. The summed E-state index contributed by atoms with van der Waals surface area (Å²) in [7, 11) is 1.79. The van der Waals surface area contributed by atoms with Crippen LogP contribution in [-0.2, 0) is 6.54 Å². The predicted molar refractivity (Wildman–Crippen MR) is 112 cm³/mol. The average Bonchev–Trinajstić information content (AvgIpc) is 3.27. The summed E-state index contributed by atoms with van der Waals surface area (Å²) in [6.07, 6.45) is 7.10. The summed E-state index contributed by atoms with van der Waals surface area (Å²) >= 11 is 0. The molecule has 0 amide bonds. The maximum atomic E-state index is 4.27. The van der Waals surface area contributed by atoms with Gasteiger partial charge in [-0.05, 0) is 57.5 Å². The highest BCUT2D eigenvalue weighted by Gasteiger charge is 2.10. The molecule has 2 N–H and O–H groups in total. The minimum absolute atomic E-state index is 0. The average molecular weight is 457 g/mol. The summed E-state index contributed by atoms with van der Waals surface area (Å²) in [5.41, 5.74) is 0.860. The van der Waals surface area contributed by atoms with E-state index in [9.17, 15) is 0 Å². The van der Waals surface area contributed by atoms with Gasteiger partial charge in [-0.25, -0.2) is 0 Å². The SMILES string of the molecule is CN=C(NCCCCN1CCCC1)NCc1nnc2ccccn12.I. The number of pyridine rings is 1. The number of aliphatic imine (C=N–C) groups is 1. The number of hydrogen-bond acceptors (Lipinski definition) is 4. The maximum absolute atomic E-state index is 4.27. The van der Waals surface area contributed by atoms with Crippen molar-refractivity contribution in [2.75, 3.05) is 33.2 Å². The Morgan fingerprint density at radius 2 is 2.00 bits per heavy atom. The molecule has 0 aromatic carbocycles. The molecule has 7 nitrogen and oxygen atoms in total. The van der Waals surface area contributed by atoms with Crippen molar-refractivity contribution in [1.29, 1.82) is 0 Å². The lowest BCUT2D eigenvalue weighted by Crippen LogP contribution is -2.37. The third-order valence-corrected chi connectivity index (χ3v) is 4.41. The summed E-state index contributed by atoms with van der Waals surface area (Å²) in [5, 5.41) is 15.0. The van der Waals surface area contributed by atoms with Crippen LogP contribution in [0.4, 0.5) is 0 Å². The predicted octanol–water partition coefficient (Wildman–Crippen LogP) is 1.89. The number of likely N-dealkylation sites (tertiary alicyclic amines) is 1. The highest BCUT2D eigenvalue weighted by atomic mass is 127. The number of rotatable bonds is 7. The molecule has 3 heterocycles. The van der Waals surface area contributed by atoms with Crippen molar-refractivity contribution in [2.24, 2.45) is 4.99 Å². The molecule has 0 spiro atoms. The van der Waals surface area contributed by atoms with Crippen LogP contribution >= 0.6 is 24.0 Å². The highest BCUT2D eigenvalue weighted by molar-refractivity contribution is 14.0. The summed E-state index contributed by atoms with van der Waals surface area (Å²) < 4.78 is 1.98. The molecular formula is C17H28IN7. The Bertz CT molecular complexity index is 664. The van der Waals surface area contributed by atoms with Gasteiger partial charge in [0.25, 0.3) is 0 Å². The van der Waals surface area contributed by atoms with Gasteiger partial charge in [0.15, 0.2) is 17.4 Å². The third-order valence-electron chi connectivity index (χ3n) is 4.41. The molecule has 1 saturated heterocycles. The van der Waals surface area contributed by atoms with E-state index in [4.69, 9.17) is 0 Å². The molecule has 1 aliphatic heterocycles. The van der Waals surface area contributed by atoms with Crippen molar-refractivity contribution in [3.05, 3.63) is 30.2 Å². The molecule has 138 valence electrons. The van der Waals surface area contributed by atoms with Gasteiger partial charge in [0.2, 0.25) is 0 Å². The van der Waals surface area contributed by atoms with Crippen molar-refractivity contribution >= 4 is 35.6 Å². The van der Waals surface area contributed by atoms with E-state index in [1.54, 1.807) is 7.05 Å². The Labute approximate surface area is 166 Å². The summed E-state index contributed by atoms with van der Waals surface area (Å²) in [6.45, 7) is 5.32. The van der Waals surface area contributed by atoms with Gasteiger partial charge in [0, 0.05) is 19.8 Å². The first-order valence-electron chi connectivity index (χ1n) is 8.82. The Kier molecular flexibility index (Phi) is 8.39. The zero-order valence-electron chi connectivity index (χ0n) is 14.8. The van der Waals surface area contributed by atoms with Crippen molar-refractivity contribution in [3.8, 4) is 0 Å². The van der Waals surface area contributed by atoms with Crippen LogP contribution < -0.4 is 10.6 Å². The minimum atomic E-state index is 0. The van der Waals surface area contributed by atoms with Crippen molar-refractivity contribution in [1.82, 2.24) is 30.1 Å². The number of halogens is 1. The van der Waals surface area contributed by atoms with Crippen LogP contribution in [0.1, 0.15) is 31.5 Å². The van der Waals surface area contributed by atoms with E-state index in [0.29, 0.717) is 6.54 Å². The normalized spacial score (nSPS) is 15.3. The number of hydrogen-bond donors (Lipinski definition) is 2. The van der Waals surface area contributed by atoms with Crippen molar-refractivity contribution in [2.45, 2.75) is 32.2 Å². The van der Waals surface area contributed by atoms with Crippen LogP contribution in [0.15, 0.2) is 29.4 Å². The second kappa shape index (κ2) is 10.5. The van der Waals surface area contributed by atoms with Crippen LogP contribution in [-0.4, -0.2) is 58.7 Å². The monoisotopic (exact) mass is 457 g/mol. The molecule has 0 unspecified atom stereocenters. The fraction of sp³-hybridized carbons (Fsp3) is 0.588. The smallest absolute Gasteiger partial charge is 0.191 e. The van der Waals surface area contributed by atoms with Crippen LogP contribution in [0.25, 0.3) is 5.65 Å². The molecule has 1 aliphatic rings. The van der Waals surface area contributed by atoms with Crippen LogP contribution in [0.5, 0.6) is 0 Å². The van der Waals surface area contributed by atoms with Gasteiger partial charge in [-0.3, -0.25) is 9.39 Å². The van der Waals surface area contributed by atoms with Gasteiger partial charge in [0.1, 0.15) is 0 Å². The first-order valence-corrected chi connectivity index (χ1v) is 8.82. The van der Waals surface area contributed by atoms with Gasteiger partial charge < -0.3 is 15.5 Å². The zero-order valence-corrected chi connectivity index (χ0v) is 17.1. The van der Waals surface area contributed by atoms with Gasteiger partial charge in [-0.2, -0.15) is 0 Å². The molecular weight excluding hydrogens is 429 g/mol. The first-order chi connectivity index (χ1) is 11.9. The molecule has 0 aliphatic carbocycles. The standard InChI is InChI=1S/C17H27N7.HI/c1-18-17(19-9-3-5-10-23-11-6-7-12-23)20-14-16-22-21-15-8-2-4-13-24(15)16;/h2,4,8,13H,3,5-7,9-12,14H2,1H3,(H2,18,19,20);1H. The molecule has 0 bridgehead atoms. The molecule has 2 aromatic rings. The largest absolute Gasteiger partial charge is 0.356 e. The van der Waals surface area contributed by atoms with Crippen LogP contribution in [0.2, 0.25) is 0 Å². The summed E-state index contributed by atoms with van der Waals surface area (Å²) in [5.74, 6) is 1.69. The molecule has 25 heavy (non-hydrogen) atoms. The minimum Gasteiger partial charge on any atom is -0.356 e. The molecule has 0 radical (unpaired) electrons. The Morgan fingerprint density at radius 1 is 1.16 bits per heavy atom. The van der Waals surface area contributed by atoms with Crippen molar-refractivity contribution in [3.63, 3.8) is 0 Å². The first kappa shape index (κ1) is 19.9. The Balaban J connectivity index is 0.00000225. The Morgan fingerprint density at radius 3 is 2.80 bits per heavy atom. The number of fused-ring (bicyclic) bond motifs is 1. The molecule has 3 rings (SSSR count). The van der Waals surface area contributed by atoms with E-state index in [-0.39, 0.29) is 24.0 Å². The number of guanidine groups is 1. The highest BCUT2D eigenvalue weighted by Crippen LogP contribution is 2.07. The van der Waals surface area contributed by atoms with Gasteiger partial charge >= 0.3 is 0 Å². The second-order valence-corrected chi connectivity index (χ2v) is 6.15. The maximum Gasteiger partial charge on any atom is 0.191 e. The second-order valence-electron chi connectivity index (χ2n) is 6.15. The zero-order chi connectivity index (χ0) is 16.6. The van der Waals surface area contributed by atoms with E-state index in [0.717, 1.165) is 30.4 Å². The van der Waals surface area contributed by atoms with Gasteiger partial charge in [0.05, 0.1) is 6.54 Å². The fourth-order valence-electron chi connectivity index (χ4n) is 3.07. The number of nitrogens with one attached hydrogen (secondary N) is 2. The lowest BCUT2D eigenvalue weighted by Gasteiger charge is -2.15. The molecule has 2 aromatic heterocycles. The van der Waals surface area contributed by atoms with Crippen LogP contribution in [0.3, 0.4) is 0 Å². The molecule has 0 saturated carbocycles. The number of nitrogens with zero attached hydrogens (tertiary/aromatic N) is 5.